The second-order valence-electron chi connectivity index (χ2n) is 5.33. The molecular weight excluding hydrogens is 258 g/mol. The smallest absolute Gasteiger partial charge is 0.119 e. The summed E-state index contributed by atoms with van der Waals surface area (Å²) in [4.78, 5) is 0. The second kappa shape index (κ2) is 7.84. The van der Waals surface area contributed by atoms with E-state index in [2.05, 4.69) is 68.6 Å². The van der Waals surface area contributed by atoms with Crippen molar-refractivity contribution in [3.8, 4) is 5.75 Å². The first-order chi connectivity index (χ1) is 10.2. The average Bonchev–Trinajstić information content (AvgIpc) is 2.52. The van der Waals surface area contributed by atoms with Crippen molar-refractivity contribution < 1.29 is 4.74 Å². The zero-order valence-electron chi connectivity index (χ0n) is 13.2. The van der Waals surface area contributed by atoms with Gasteiger partial charge in [-0.05, 0) is 43.1 Å². The van der Waals surface area contributed by atoms with Crippen molar-refractivity contribution in [2.75, 3.05) is 13.2 Å². The standard InChI is InChI=1S/C19H25NO/c1-4-16-7-6-8-18(13-16)21-14-19(20-5-2)17-11-9-15(3)10-12-17/h6-13,19-20H,4-5,14H2,1-3H3. The lowest BCUT2D eigenvalue weighted by Gasteiger charge is -2.19. The summed E-state index contributed by atoms with van der Waals surface area (Å²) in [6.45, 7) is 7.96. The number of hydrogen-bond acceptors (Lipinski definition) is 2. The van der Waals surface area contributed by atoms with Crippen LogP contribution in [0.2, 0.25) is 0 Å². The fraction of sp³-hybridized carbons (Fsp3) is 0.368. The highest BCUT2D eigenvalue weighted by molar-refractivity contribution is 5.29. The van der Waals surface area contributed by atoms with Gasteiger partial charge >= 0.3 is 0 Å². The van der Waals surface area contributed by atoms with Crippen LogP contribution in [0.5, 0.6) is 5.75 Å². The maximum atomic E-state index is 5.99. The Morgan fingerprint density at radius 1 is 1.05 bits per heavy atom. The second-order valence-corrected chi connectivity index (χ2v) is 5.33. The summed E-state index contributed by atoms with van der Waals surface area (Å²) in [5.41, 5.74) is 3.86. The number of benzene rings is 2. The van der Waals surface area contributed by atoms with Gasteiger partial charge in [-0.1, -0.05) is 55.8 Å². The Bertz CT molecular complexity index is 548. The van der Waals surface area contributed by atoms with E-state index in [1.165, 1.54) is 16.7 Å². The largest absolute Gasteiger partial charge is 0.492 e. The topological polar surface area (TPSA) is 21.3 Å². The van der Waals surface area contributed by atoms with Crippen LogP contribution in [0.15, 0.2) is 48.5 Å². The van der Waals surface area contributed by atoms with Gasteiger partial charge in [0.15, 0.2) is 0 Å². The lowest BCUT2D eigenvalue weighted by atomic mass is 10.1. The molecule has 0 aliphatic heterocycles. The fourth-order valence-corrected chi connectivity index (χ4v) is 2.35. The lowest BCUT2D eigenvalue weighted by Crippen LogP contribution is -2.26. The van der Waals surface area contributed by atoms with Crippen molar-refractivity contribution in [2.24, 2.45) is 0 Å². The van der Waals surface area contributed by atoms with Gasteiger partial charge in [-0.2, -0.15) is 0 Å². The maximum Gasteiger partial charge on any atom is 0.119 e. The Kier molecular flexibility index (Phi) is 5.82. The third-order valence-corrected chi connectivity index (χ3v) is 3.65. The zero-order valence-corrected chi connectivity index (χ0v) is 13.2. The normalized spacial score (nSPS) is 12.1. The number of rotatable bonds is 7. The molecule has 0 aliphatic carbocycles. The number of hydrogen-bond donors (Lipinski definition) is 1. The molecule has 0 saturated heterocycles. The van der Waals surface area contributed by atoms with E-state index in [1.54, 1.807) is 0 Å². The first-order valence-electron chi connectivity index (χ1n) is 7.74. The minimum absolute atomic E-state index is 0.223. The van der Waals surface area contributed by atoms with Crippen LogP contribution in [0.25, 0.3) is 0 Å². The molecule has 2 aromatic carbocycles. The van der Waals surface area contributed by atoms with Crippen LogP contribution >= 0.6 is 0 Å². The highest BCUT2D eigenvalue weighted by Gasteiger charge is 2.11. The molecule has 2 rings (SSSR count). The molecule has 0 bridgehead atoms. The Balaban J connectivity index is 2.04. The van der Waals surface area contributed by atoms with Crippen LogP contribution < -0.4 is 10.1 Å². The fourth-order valence-electron chi connectivity index (χ4n) is 2.35. The van der Waals surface area contributed by atoms with Crippen LogP contribution in [0, 0.1) is 6.92 Å². The first-order valence-corrected chi connectivity index (χ1v) is 7.74. The molecule has 1 unspecified atom stereocenters. The number of aryl methyl sites for hydroxylation is 2. The van der Waals surface area contributed by atoms with Gasteiger partial charge in [0.1, 0.15) is 12.4 Å². The van der Waals surface area contributed by atoms with E-state index < -0.39 is 0 Å². The molecule has 2 nitrogen and oxygen atoms in total. The third kappa shape index (κ3) is 4.61. The minimum Gasteiger partial charge on any atom is -0.492 e. The molecule has 0 amide bonds. The monoisotopic (exact) mass is 283 g/mol. The molecular formula is C19H25NO. The summed E-state index contributed by atoms with van der Waals surface area (Å²) in [5.74, 6) is 0.948. The summed E-state index contributed by atoms with van der Waals surface area (Å²) in [6.07, 6.45) is 1.03. The first kappa shape index (κ1) is 15.6. The Hall–Kier alpha value is -1.80. The maximum absolute atomic E-state index is 5.99. The van der Waals surface area contributed by atoms with Crippen molar-refractivity contribution in [1.82, 2.24) is 5.32 Å². The third-order valence-electron chi connectivity index (χ3n) is 3.65. The van der Waals surface area contributed by atoms with Gasteiger partial charge in [0.25, 0.3) is 0 Å². The molecule has 0 spiro atoms. The molecule has 1 N–H and O–H groups in total. The van der Waals surface area contributed by atoms with Crippen LogP contribution in [-0.4, -0.2) is 13.2 Å². The molecule has 2 heteroatoms. The van der Waals surface area contributed by atoms with E-state index in [9.17, 15) is 0 Å². The van der Waals surface area contributed by atoms with E-state index in [-0.39, 0.29) is 6.04 Å². The van der Waals surface area contributed by atoms with E-state index in [0.717, 1.165) is 18.7 Å². The van der Waals surface area contributed by atoms with Gasteiger partial charge in [0.05, 0.1) is 6.04 Å². The Morgan fingerprint density at radius 3 is 2.48 bits per heavy atom. The summed E-state index contributed by atoms with van der Waals surface area (Å²) < 4.78 is 5.99. The zero-order chi connectivity index (χ0) is 15.1. The summed E-state index contributed by atoms with van der Waals surface area (Å²) in [6, 6.07) is 17.2. The molecule has 112 valence electrons. The van der Waals surface area contributed by atoms with Crippen LogP contribution in [0.4, 0.5) is 0 Å². The van der Waals surface area contributed by atoms with Crippen molar-refractivity contribution >= 4 is 0 Å². The van der Waals surface area contributed by atoms with Crippen molar-refractivity contribution in [3.05, 3.63) is 65.2 Å². The molecule has 0 fully saturated rings. The van der Waals surface area contributed by atoms with Gasteiger partial charge < -0.3 is 10.1 Å². The van der Waals surface area contributed by atoms with E-state index in [4.69, 9.17) is 4.74 Å². The molecule has 0 radical (unpaired) electrons. The molecule has 0 heterocycles. The van der Waals surface area contributed by atoms with Gasteiger partial charge in [-0.3, -0.25) is 0 Å². The van der Waals surface area contributed by atoms with Gasteiger partial charge in [-0.25, -0.2) is 0 Å². The van der Waals surface area contributed by atoms with Crippen molar-refractivity contribution in [2.45, 2.75) is 33.2 Å². The number of ether oxygens (including phenoxy) is 1. The predicted molar refractivity (Wildman–Crippen MR) is 88.9 cm³/mol. The molecule has 0 saturated carbocycles. The Labute approximate surface area is 128 Å². The van der Waals surface area contributed by atoms with E-state index in [0.29, 0.717) is 6.61 Å². The summed E-state index contributed by atoms with van der Waals surface area (Å²) in [5, 5.41) is 3.49. The predicted octanol–water partition coefficient (Wildman–Crippen LogP) is 4.29. The molecule has 21 heavy (non-hydrogen) atoms. The minimum atomic E-state index is 0.223. The van der Waals surface area contributed by atoms with Crippen LogP contribution in [0.1, 0.15) is 36.6 Å². The van der Waals surface area contributed by atoms with Gasteiger partial charge in [-0.15, -0.1) is 0 Å². The van der Waals surface area contributed by atoms with Crippen LogP contribution in [-0.2, 0) is 6.42 Å². The number of nitrogens with one attached hydrogen (secondary N) is 1. The quantitative estimate of drug-likeness (QED) is 0.818. The SMILES string of the molecule is CCNC(COc1cccc(CC)c1)c1ccc(C)cc1. The van der Waals surface area contributed by atoms with E-state index in [1.807, 2.05) is 6.07 Å². The average molecular weight is 283 g/mol. The van der Waals surface area contributed by atoms with E-state index >= 15 is 0 Å². The highest BCUT2D eigenvalue weighted by atomic mass is 16.5. The highest BCUT2D eigenvalue weighted by Crippen LogP contribution is 2.18. The lowest BCUT2D eigenvalue weighted by molar-refractivity contribution is 0.268. The van der Waals surface area contributed by atoms with Gasteiger partial charge in [0, 0.05) is 0 Å². The summed E-state index contributed by atoms with van der Waals surface area (Å²) in [7, 11) is 0. The Morgan fingerprint density at radius 2 is 1.81 bits per heavy atom. The van der Waals surface area contributed by atoms with Gasteiger partial charge in [0.2, 0.25) is 0 Å². The molecule has 0 aliphatic rings. The van der Waals surface area contributed by atoms with Crippen LogP contribution in [0.3, 0.4) is 0 Å². The van der Waals surface area contributed by atoms with Crippen molar-refractivity contribution in [1.29, 1.82) is 0 Å². The molecule has 2 aromatic rings. The van der Waals surface area contributed by atoms with Crippen molar-refractivity contribution in [3.63, 3.8) is 0 Å². The molecule has 1 atom stereocenters. The summed E-state index contributed by atoms with van der Waals surface area (Å²) >= 11 is 0. The molecule has 0 aromatic heterocycles. The number of likely N-dealkylation sites (N-methyl/N-ethyl adjacent to an activating group) is 1.